The third-order valence-corrected chi connectivity index (χ3v) is 5.52. The van der Waals surface area contributed by atoms with Crippen LogP contribution in [-0.4, -0.2) is 28.7 Å². The summed E-state index contributed by atoms with van der Waals surface area (Å²) in [5.74, 6) is 4.14. The molecule has 2 aromatic heterocycles. The maximum Gasteiger partial charge on any atom is 0.293 e. The third-order valence-electron chi connectivity index (χ3n) is 5.52. The van der Waals surface area contributed by atoms with E-state index >= 15 is 0 Å². The molecule has 1 N–H and O–H groups in total. The molecule has 2 fully saturated rings. The largest absolute Gasteiger partial charge is 0.464 e. The van der Waals surface area contributed by atoms with E-state index in [1.807, 2.05) is 0 Å². The van der Waals surface area contributed by atoms with E-state index in [2.05, 4.69) is 34.3 Å². The topological polar surface area (TPSA) is 63.3 Å². The van der Waals surface area contributed by atoms with Crippen LogP contribution in [0, 0.1) is 5.92 Å². The van der Waals surface area contributed by atoms with Gasteiger partial charge in [0, 0.05) is 44.5 Å². The minimum atomic E-state index is -0.0219. The zero-order chi connectivity index (χ0) is 17.4. The average Bonchev–Trinajstić information content (AvgIpc) is 3.17. The molecular formula is C19H26N4O2. The molecule has 0 radical (unpaired) electrons. The Bertz CT molecular complexity index is 789. The van der Waals surface area contributed by atoms with Gasteiger partial charge in [0.1, 0.15) is 11.5 Å². The van der Waals surface area contributed by atoms with Crippen LogP contribution < -0.4 is 15.8 Å². The van der Waals surface area contributed by atoms with Gasteiger partial charge in [-0.25, -0.2) is 4.98 Å². The molecule has 2 atom stereocenters. The van der Waals surface area contributed by atoms with E-state index in [0.717, 1.165) is 49.9 Å². The fraction of sp³-hybridized carbons (Fsp3) is 0.579. The predicted molar refractivity (Wildman–Crippen MR) is 96.8 cm³/mol. The van der Waals surface area contributed by atoms with E-state index < -0.39 is 0 Å². The second kappa shape index (κ2) is 6.67. The van der Waals surface area contributed by atoms with Gasteiger partial charge in [-0.2, -0.15) is 0 Å². The van der Waals surface area contributed by atoms with Crippen LogP contribution in [0.15, 0.2) is 33.7 Å². The molecule has 6 nitrogen and oxygen atoms in total. The molecule has 0 spiro atoms. The summed E-state index contributed by atoms with van der Waals surface area (Å²) in [5.41, 5.74) is -0.0219. The molecule has 0 unspecified atom stereocenters. The van der Waals surface area contributed by atoms with Crippen LogP contribution in [0.3, 0.4) is 0 Å². The molecule has 134 valence electrons. The van der Waals surface area contributed by atoms with Crippen molar-refractivity contribution < 1.29 is 4.42 Å². The highest BCUT2D eigenvalue weighted by molar-refractivity contribution is 5.36. The number of rotatable bonds is 5. The first-order valence-electron chi connectivity index (χ1n) is 9.20. The molecule has 25 heavy (non-hydrogen) atoms. The normalized spacial score (nSPS) is 23.8. The van der Waals surface area contributed by atoms with E-state index in [1.54, 1.807) is 24.0 Å². The first-order chi connectivity index (χ1) is 12.1. The van der Waals surface area contributed by atoms with Crippen molar-refractivity contribution in [1.82, 2.24) is 14.9 Å². The Labute approximate surface area is 147 Å². The fourth-order valence-corrected chi connectivity index (χ4v) is 3.65. The van der Waals surface area contributed by atoms with Crippen LogP contribution in [-0.2, 0) is 13.6 Å². The van der Waals surface area contributed by atoms with E-state index in [1.165, 1.54) is 6.42 Å². The first-order valence-corrected chi connectivity index (χ1v) is 9.20. The highest BCUT2D eigenvalue weighted by Gasteiger charge is 2.36. The van der Waals surface area contributed by atoms with Gasteiger partial charge in [0.2, 0.25) is 0 Å². The molecule has 4 rings (SSSR count). The third kappa shape index (κ3) is 3.49. The van der Waals surface area contributed by atoms with Crippen molar-refractivity contribution in [2.24, 2.45) is 13.0 Å². The molecule has 2 aromatic rings. The second-order valence-electron chi connectivity index (χ2n) is 7.43. The van der Waals surface area contributed by atoms with Gasteiger partial charge in [0.25, 0.3) is 5.56 Å². The molecule has 6 heteroatoms. The summed E-state index contributed by atoms with van der Waals surface area (Å²) in [4.78, 5) is 18.5. The molecule has 1 saturated heterocycles. The molecule has 3 heterocycles. The minimum Gasteiger partial charge on any atom is -0.464 e. The lowest BCUT2D eigenvalue weighted by atomic mass is 10.1. The lowest BCUT2D eigenvalue weighted by molar-refractivity contribution is 0.379. The number of furan rings is 1. The van der Waals surface area contributed by atoms with Gasteiger partial charge in [-0.05, 0) is 37.3 Å². The molecule has 1 saturated carbocycles. The molecule has 1 aliphatic carbocycles. The van der Waals surface area contributed by atoms with Gasteiger partial charge in [-0.15, -0.1) is 0 Å². The number of hydrogen-bond acceptors (Lipinski definition) is 5. The smallest absolute Gasteiger partial charge is 0.293 e. The Morgan fingerprint density at radius 2 is 2.08 bits per heavy atom. The van der Waals surface area contributed by atoms with Gasteiger partial charge in [0.05, 0.1) is 6.54 Å². The number of nitrogens with one attached hydrogen (secondary N) is 1. The quantitative estimate of drug-likeness (QED) is 0.903. The molecular weight excluding hydrogens is 316 g/mol. The number of hydrogen-bond donors (Lipinski definition) is 1. The number of anilines is 1. The Kier molecular flexibility index (Phi) is 4.37. The number of nitrogens with zero attached hydrogens (tertiary/aromatic N) is 3. The van der Waals surface area contributed by atoms with Gasteiger partial charge >= 0.3 is 0 Å². The molecule has 0 bridgehead atoms. The van der Waals surface area contributed by atoms with Crippen LogP contribution >= 0.6 is 0 Å². The minimum absolute atomic E-state index is 0.0219. The summed E-state index contributed by atoms with van der Waals surface area (Å²) in [6.07, 6.45) is 6.65. The van der Waals surface area contributed by atoms with E-state index in [-0.39, 0.29) is 5.56 Å². The zero-order valence-corrected chi connectivity index (χ0v) is 14.9. The van der Waals surface area contributed by atoms with Crippen molar-refractivity contribution in [3.05, 3.63) is 46.4 Å². The average molecular weight is 342 g/mol. The zero-order valence-electron chi connectivity index (χ0n) is 14.9. The second-order valence-corrected chi connectivity index (χ2v) is 7.43. The maximum atomic E-state index is 12.2. The number of aromatic nitrogens is 2. The summed E-state index contributed by atoms with van der Waals surface area (Å²) in [6, 6.07) is 4.68. The Hall–Kier alpha value is -2.08. The number of aryl methyl sites for hydroxylation is 1. The van der Waals surface area contributed by atoms with Crippen LogP contribution in [0.5, 0.6) is 0 Å². The highest BCUT2D eigenvalue weighted by Crippen LogP contribution is 2.47. The molecule has 0 aromatic carbocycles. The summed E-state index contributed by atoms with van der Waals surface area (Å²) < 4.78 is 7.55. The monoisotopic (exact) mass is 342 g/mol. The van der Waals surface area contributed by atoms with Crippen LogP contribution in [0.2, 0.25) is 0 Å². The standard InChI is InChI=1S/C19H26N4O2/c1-13-11-16(13)17-4-3-15(25-17)12-21-14-5-8-23(9-6-14)18-19(24)22(2)10-7-20-18/h3-4,7,10,13-14,16,21H,5-6,8-9,11-12H2,1-2H3/t13-,16-/m1/s1. The lowest BCUT2D eigenvalue weighted by Crippen LogP contribution is -2.44. The van der Waals surface area contributed by atoms with Crippen molar-refractivity contribution in [2.45, 2.75) is 44.7 Å². The van der Waals surface area contributed by atoms with Gasteiger partial charge < -0.3 is 19.2 Å². The summed E-state index contributed by atoms with van der Waals surface area (Å²) in [6.45, 7) is 4.75. The Balaban J connectivity index is 1.28. The fourth-order valence-electron chi connectivity index (χ4n) is 3.65. The van der Waals surface area contributed by atoms with E-state index in [4.69, 9.17) is 4.42 Å². The highest BCUT2D eigenvalue weighted by atomic mass is 16.3. The predicted octanol–water partition coefficient (Wildman–Crippen LogP) is 2.26. The van der Waals surface area contributed by atoms with Crippen molar-refractivity contribution in [3.8, 4) is 0 Å². The Morgan fingerprint density at radius 1 is 1.32 bits per heavy atom. The van der Waals surface area contributed by atoms with Crippen LogP contribution in [0.1, 0.15) is 43.6 Å². The summed E-state index contributed by atoms with van der Waals surface area (Å²) in [7, 11) is 1.77. The van der Waals surface area contributed by atoms with Crippen LogP contribution in [0.4, 0.5) is 5.82 Å². The van der Waals surface area contributed by atoms with E-state index in [0.29, 0.717) is 17.8 Å². The first kappa shape index (κ1) is 16.4. The molecule has 1 aliphatic heterocycles. The van der Waals surface area contributed by atoms with Crippen LogP contribution in [0.25, 0.3) is 0 Å². The lowest BCUT2D eigenvalue weighted by Gasteiger charge is -2.32. The maximum absolute atomic E-state index is 12.2. The van der Waals surface area contributed by atoms with Crippen molar-refractivity contribution in [1.29, 1.82) is 0 Å². The van der Waals surface area contributed by atoms with Gasteiger partial charge in [-0.1, -0.05) is 6.92 Å². The molecule has 2 aliphatic rings. The van der Waals surface area contributed by atoms with E-state index in [9.17, 15) is 4.79 Å². The van der Waals surface area contributed by atoms with Crippen molar-refractivity contribution >= 4 is 5.82 Å². The van der Waals surface area contributed by atoms with Gasteiger partial charge in [-0.3, -0.25) is 4.79 Å². The summed E-state index contributed by atoms with van der Waals surface area (Å²) in [5, 5.41) is 3.60. The van der Waals surface area contributed by atoms with Crippen molar-refractivity contribution in [3.63, 3.8) is 0 Å². The van der Waals surface area contributed by atoms with Gasteiger partial charge in [0.15, 0.2) is 5.82 Å². The SMILES string of the molecule is C[C@@H]1C[C@H]1c1ccc(CNC2CCN(c3nccn(C)c3=O)CC2)o1. The molecule has 0 amide bonds. The van der Waals surface area contributed by atoms with Crippen molar-refractivity contribution in [2.75, 3.05) is 18.0 Å². The summed E-state index contributed by atoms with van der Waals surface area (Å²) >= 11 is 0. The Morgan fingerprint density at radius 3 is 2.80 bits per heavy atom. The number of piperidine rings is 1.